The van der Waals surface area contributed by atoms with Crippen LogP contribution < -0.4 is 0 Å². The molecule has 1 aliphatic heterocycles. The summed E-state index contributed by atoms with van der Waals surface area (Å²) in [4.78, 5) is 14.3. The normalized spacial score (nSPS) is 45.2. The molecule has 0 spiro atoms. The Hall–Kier alpha value is -0.570. The van der Waals surface area contributed by atoms with Gasteiger partial charge in [-0.25, -0.2) is 0 Å². The molecule has 118 valence electrons. The first-order valence-corrected chi connectivity index (χ1v) is 8.99. The Morgan fingerprint density at radius 3 is 2.33 bits per heavy atom. The fraction of sp³-hybridized carbons (Fsp3) is 0.944. The van der Waals surface area contributed by atoms with Gasteiger partial charge in [0.1, 0.15) is 6.04 Å². The quantitative estimate of drug-likeness (QED) is 0.745. The van der Waals surface area contributed by atoms with E-state index in [0.717, 1.165) is 43.7 Å². The monoisotopic (exact) mass is 291 g/mol. The Kier molecular flexibility index (Phi) is 3.52. The zero-order valence-electron chi connectivity index (χ0n) is 13.4. The number of methoxy groups -OCH3 is 1. The zero-order valence-corrected chi connectivity index (χ0v) is 13.4. The van der Waals surface area contributed by atoms with E-state index in [4.69, 9.17) is 4.74 Å². The van der Waals surface area contributed by atoms with Crippen molar-refractivity contribution >= 4 is 5.97 Å². The number of rotatable bonds is 4. The van der Waals surface area contributed by atoms with E-state index in [2.05, 4.69) is 4.90 Å². The molecule has 0 aromatic carbocycles. The van der Waals surface area contributed by atoms with Crippen LogP contribution in [0.1, 0.15) is 57.8 Å². The second kappa shape index (κ2) is 5.26. The highest BCUT2D eigenvalue weighted by Gasteiger charge is 2.50. The van der Waals surface area contributed by atoms with E-state index in [1.54, 1.807) is 0 Å². The third kappa shape index (κ3) is 2.52. The van der Waals surface area contributed by atoms with Gasteiger partial charge in [0.25, 0.3) is 0 Å². The molecule has 4 aliphatic carbocycles. The molecule has 1 saturated heterocycles. The van der Waals surface area contributed by atoms with Crippen LogP contribution in [-0.2, 0) is 9.53 Å². The lowest BCUT2D eigenvalue weighted by Crippen LogP contribution is -2.48. The standard InChI is InChI=1S/C18H29NO2/c1-21-17(20)16-3-2-5-19(16)6-4-18-10-13-7-14(11-18)9-15(8-13)12-18/h13-16H,2-12H2,1H3. The molecule has 5 fully saturated rings. The van der Waals surface area contributed by atoms with E-state index in [1.165, 1.54) is 52.1 Å². The minimum Gasteiger partial charge on any atom is -0.468 e. The lowest BCUT2D eigenvalue weighted by atomic mass is 9.49. The molecule has 5 aliphatic rings. The molecule has 0 aromatic heterocycles. The van der Waals surface area contributed by atoms with Gasteiger partial charge in [0.05, 0.1) is 7.11 Å². The van der Waals surface area contributed by atoms with Crippen LogP contribution in [0.2, 0.25) is 0 Å². The second-order valence-electron chi connectivity index (χ2n) is 8.38. The fourth-order valence-electron chi connectivity index (χ4n) is 6.47. The van der Waals surface area contributed by atoms with E-state index < -0.39 is 0 Å². The summed E-state index contributed by atoms with van der Waals surface area (Å²) in [5.41, 5.74) is 0.637. The van der Waals surface area contributed by atoms with Crippen molar-refractivity contribution in [3.05, 3.63) is 0 Å². The van der Waals surface area contributed by atoms with Crippen LogP contribution in [0.4, 0.5) is 0 Å². The number of carbonyl (C=O) groups is 1. The van der Waals surface area contributed by atoms with E-state index >= 15 is 0 Å². The smallest absolute Gasteiger partial charge is 0.323 e. The SMILES string of the molecule is COC(=O)C1CCCN1CCC12CC3CC(CC(C3)C1)C2. The highest BCUT2D eigenvalue weighted by Crippen LogP contribution is 2.61. The Morgan fingerprint density at radius 2 is 1.76 bits per heavy atom. The summed E-state index contributed by atoms with van der Waals surface area (Å²) in [6.07, 6.45) is 12.5. The van der Waals surface area contributed by atoms with Gasteiger partial charge >= 0.3 is 5.97 Å². The number of nitrogens with zero attached hydrogens (tertiary/aromatic N) is 1. The molecule has 21 heavy (non-hydrogen) atoms. The topological polar surface area (TPSA) is 29.5 Å². The predicted molar refractivity (Wildman–Crippen MR) is 81.8 cm³/mol. The lowest BCUT2D eigenvalue weighted by Gasteiger charge is -2.57. The van der Waals surface area contributed by atoms with E-state index in [0.29, 0.717) is 5.41 Å². The molecule has 3 nitrogen and oxygen atoms in total. The summed E-state index contributed by atoms with van der Waals surface area (Å²) < 4.78 is 4.98. The number of ether oxygens (including phenoxy) is 1. The average Bonchev–Trinajstić information content (AvgIpc) is 2.91. The van der Waals surface area contributed by atoms with Crippen molar-refractivity contribution in [2.24, 2.45) is 23.2 Å². The average molecular weight is 291 g/mol. The van der Waals surface area contributed by atoms with Crippen LogP contribution in [0, 0.1) is 23.2 Å². The van der Waals surface area contributed by atoms with Gasteiger partial charge in [-0.1, -0.05) is 0 Å². The number of hydrogen-bond acceptors (Lipinski definition) is 3. The molecule has 4 bridgehead atoms. The van der Waals surface area contributed by atoms with Crippen molar-refractivity contribution < 1.29 is 9.53 Å². The molecule has 1 unspecified atom stereocenters. The summed E-state index contributed by atoms with van der Waals surface area (Å²) in [7, 11) is 1.53. The zero-order chi connectivity index (χ0) is 14.4. The van der Waals surface area contributed by atoms with Crippen LogP contribution >= 0.6 is 0 Å². The van der Waals surface area contributed by atoms with Crippen LogP contribution in [-0.4, -0.2) is 37.1 Å². The van der Waals surface area contributed by atoms with Gasteiger partial charge < -0.3 is 4.74 Å². The first-order valence-electron chi connectivity index (χ1n) is 8.99. The van der Waals surface area contributed by atoms with Crippen molar-refractivity contribution in [1.29, 1.82) is 0 Å². The number of hydrogen-bond donors (Lipinski definition) is 0. The molecule has 0 radical (unpaired) electrons. The molecular weight excluding hydrogens is 262 g/mol. The highest BCUT2D eigenvalue weighted by atomic mass is 16.5. The molecule has 1 atom stereocenters. The minimum atomic E-state index is -0.0157. The van der Waals surface area contributed by atoms with Gasteiger partial charge in [-0.15, -0.1) is 0 Å². The minimum absolute atomic E-state index is 0.0157. The van der Waals surface area contributed by atoms with Gasteiger partial charge in [-0.2, -0.15) is 0 Å². The number of carbonyl (C=O) groups excluding carboxylic acids is 1. The summed E-state index contributed by atoms with van der Waals surface area (Å²) in [6.45, 7) is 2.21. The molecular formula is C18H29NO2. The molecule has 0 N–H and O–H groups in total. The summed E-state index contributed by atoms with van der Waals surface area (Å²) in [5, 5.41) is 0. The summed E-state index contributed by atoms with van der Waals surface area (Å²) in [6, 6.07) is 0.0453. The molecule has 5 rings (SSSR count). The van der Waals surface area contributed by atoms with Crippen LogP contribution in [0.5, 0.6) is 0 Å². The Labute approximate surface area is 128 Å². The van der Waals surface area contributed by atoms with Crippen molar-refractivity contribution in [2.45, 2.75) is 63.8 Å². The van der Waals surface area contributed by atoms with Crippen LogP contribution in [0.25, 0.3) is 0 Å². The largest absolute Gasteiger partial charge is 0.468 e. The van der Waals surface area contributed by atoms with E-state index in [-0.39, 0.29) is 12.0 Å². The Morgan fingerprint density at radius 1 is 1.14 bits per heavy atom. The highest BCUT2D eigenvalue weighted by molar-refractivity contribution is 5.75. The van der Waals surface area contributed by atoms with Crippen molar-refractivity contribution in [3.8, 4) is 0 Å². The van der Waals surface area contributed by atoms with Gasteiger partial charge in [-0.05, 0) is 94.0 Å². The second-order valence-corrected chi connectivity index (χ2v) is 8.38. The maximum Gasteiger partial charge on any atom is 0.323 e. The molecule has 0 aromatic rings. The van der Waals surface area contributed by atoms with Crippen LogP contribution in [0.3, 0.4) is 0 Å². The maximum atomic E-state index is 11.9. The third-order valence-corrected chi connectivity index (χ3v) is 6.93. The van der Waals surface area contributed by atoms with E-state index in [9.17, 15) is 4.79 Å². The molecule has 0 amide bonds. The first-order chi connectivity index (χ1) is 10.2. The van der Waals surface area contributed by atoms with Gasteiger partial charge in [0.15, 0.2) is 0 Å². The van der Waals surface area contributed by atoms with Crippen LogP contribution in [0.15, 0.2) is 0 Å². The molecule has 3 heteroatoms. The lowest BCUT2D eigenvalue weighted by molar-refractivity contribution is -0.146. The van der Waals surface area contributed by atoms with Gasteiger partial charge in [-0.3, -0.25) is 9.69 Å². The molecule has 4 saturated carbocycles. The van der Waals surface area contributed by atoms with Gasteiger partial charge in [0.2, 0.25) is 0 Å². The van der Waals surface area contributed by atoms with Crippen molar-refractivity contribution in [2.75, 3.05) is 20.2 Å². The first kappa shape index (κ1) is 14.0. The fourth-order valence-corrected chi connectivity index (χ4v) is 6.47. The third-order valence-electron chi connectivity index (χ3n) is 6.93. The van der Waals surface area contributed by atoms with Gasteiger partial charge in [0, 0.05) is 0 Å². The maximum absolute atomic E-state index is 11.9. The Bertz CT molecular complexity index is 384. The Balaban J connectivity index is 1.39. The van der Waals surface area contributed by atoms with Crippen molar-refractivity contribution in [1.82, 2.24) is 4.90 Å². The number of likely N-dealkylation sites (tertiary alicyclic amines) is 1. The summed E-state index contributed by atoms with van der Waals surface area (Å²) in [5.74, 6) is 3.08. The van der Waals surface area contributed by atoms with E-state index in [1.807, 2.05) is 0 Å². The predicted octanol–water partition coefficient (Wildman–Crippen LogP) is 3.23. The summed E-state index contributed by atoms with van der Waals surface area (Å²) >= 11 is 0. The molecule has 1 heterocycles. The number of esters is 1. The van der Waals surface area contributed by atoms with Crippen molar-refractivity contribution in [3.63, 3.8) is 0 Å².